The van der Waals surface area contributed by atoms with Gasteiger partial charge in [-0.2, -0.15) is 0 Å². The maximum Gasteiger partial charge on any atom is 0.0936 e. The third kappa shape index (κ3) is 6.50. The Morgan fingerprint density at radius 2 is 1.89 bits per heavy atom. The predicted octanol–water partition coefficient (Wildman–Crippen LogP) is 2.98. The molecule has 1 atom stereocenters. The van der Waals surface area contributed by atoms with Gasteiger partial charge in [-0.15, -0.1) is 0 Å². The minimum absolute atomic E-state index is 0.0843. The zero-order valence-electron chi connectivity index (χ0n) is 11.3. The molecular weight excluding hydrogens is 294 g/mol. The minimum Gasteiger partial charge on any atom is -0.382 e. The van der Waals surface area contributed by atoms with Gasteiger partial charge in [0, 0.05) is 24.2 Å². The molecule has 1 unspecified atom stereocenters. The number of rotatable bonds is 8. The Labute approximate surface area is 118 Å². The van der Waals surface area contributed by atoms with Crippen molar-refractivity contribution in [3.05, 3.63) is 34.3 Å². The van der Waals surface area contributed by atoms with Crippen LogP contribution < -0.4 is 5.32 Å². The molecule has 1 N–H and O–H groups in total. The number of methoxy groups -OCH3 is 1. The normalized spacial score (nSPS) is 12.9. The zero-order chi connectivity index (χ0) is 13.4. The number of hydrogen-bond donors (Lipinski definition) is 1. The van der Waals surface area contributed by atoms with E-state index in [9.17, 15) is 0 Å². The summed E-state index contributed by atoms with van der Waals surface area (Å²) in [7, 11) is 1.70. The lowest BCUT2D eigenvalue weighted by Crippen LogP contribution is -2.36. The van der Waals surface area contributed by atoms with Crippen molar-refractivity contribution in [2.45, 2.75) is 32.6 Å². The molecule has 0 saturated heterocycles. The van der Waals surface area contributed by atoms with Crippen LogP contribution in [0.25, 0.3) is 0 Å². The molecule has 0 aliphatic heterocycles. The van der Waals surface area contributed by atoms with Gasteiger partial charge in [0.2, 0.25) is 0 Å². The molecule has 0 saturated carbocycles. The molecule has 1 aromatic carbocycles. The standard InChI is InChI=1S/C14H22BrNO2/c1-11(2)16-8-14(10-17-3)18-9-12-4-6-13(15)7-5-12/h4-7,11,14,16H,8-10H2,1-3H3. The Morgan fingerprint density at radius 3 is 2.44 bits per heavy atom. The molecule has 3 nitrogen and oxygen atoms in total. The van der Waals surface area contributed by atoms with Gasteiger partial charge in [-0.25, -0.2) is 0 Å². The molecule has 0 aromatic heterocycles. The van der Waals surface area contributed by atoms with Crippen molar-refractivity contribution in [1.82, 2.24) is 5.32 Å². The van der Waals surface area contributed by atoms with E-state index < -0.39 is 0 Å². The smallest absolute Gasteiger partial charge is 0.0936 e. The Morgan fingerprint density at radius 1 is 1.22 bits per heavy atom. The van der Waals surface area contributed by atoms with Crippen molar-refractivity contribution in [3.8, 4) is 0 Å². The van der Waals surface area contributed by atoms with Crippen molar-refractivity contribution >= 4 is 15.9 Å². The van der Waals surface area contributed by atoms with E-state index in [2.05, 4.69) is 47.2 Å². The molecule has 0 aliphatic rings. The number of nitrogens with one attached hydrogen (secondary N) is 1. The number of benzene rings is 1. The molecule has 0 radical (unpaired) electrons. The van der Waals surface area contributed by atoms with Gasteiger partial charge in [0.15, 0.2) is 0 Å². The van der Waals surface area contributed by atoms with E-state index in [1.807, 2.05) is 12.1 Å². The summed E-state index contributed by atoms with van der Waals surface area (Å²) in [5.74, 6) is 0. The van der Waals surface area contributed by atoms with E-state index in [0.29, 0.717) is 19.3 Å². The van der Waals surface area contributed by atoms with Gasteiger partial charge >= 0.3 is 0 Å². The highest BCUT2D eigenvalue weighted by atomic mass is 79.9. The van der Waals surface area contributed by atoms with Crippen LogP contribution in [0.5, 0.6) is 0 Å². The third-order valence-corrected chi connectivity index (χ3v) is 3.03. The number of ether oxygens (including phenoxy) is 2. The molecule has 1 aromatic rings. The van der Waals surface area contributed by atoms with Crippen molar-refractivity contribution in [1.29, 1.82) is 0 Å². The van der Waals surface area contributed by atoms with Crippen molar-refractivity contribution in [2.75, 3.05) is 20.3 Å². The lowest BCUT2D eigenvalue weighted by molar-refractivity contribution is -0.0109. The second-order valence-corrected chi connectivity index (χ2v) is 5.49. The lowest BCUT2D eigenvalue weighted by atomic mass is 10.2. The summed E-state index contributed by atoms with van der Waals surface area (Å²) in [5.41, 5.74) is 1.17. The topological polar surface area (TPSA) is 30.5 Å². The van der Waals surface area contributed by atoms with Crippen molar-refractivity contribution in [3.63, 3.8) is 0 Å². The van der Waals surface area contributed by atoms with Crippen LogP contribution in [0.1, 0.15) is 19.4 Å². The summed E-state index contributed by atoms with van der Waals surface area (Å²) in [6.07, 6.45) is 0.0843. The first-order valence-corrected chi connectivity index (χ1v) is 6.99. The molecule has 0 spiro atoms. The summed E-state index contributed by atoms with van der Waals surface area (Å²) in [6.45, 7) is 6.27. The summed E-state index contributed by atoms with van der Waals surface area (Å²) in [4.78, 5) is 0. The third-order valence-electron chi connectivity index (χ3n) is 2.51. The van der Waals surface area contributed by atoms with E-state index in [0.717, 1.165) is 11.0 Å². The van der Waals surface area contributed by atoms with E-state index in [1.165, 1.54) is 5.56 Å². The second kappa shape index (κ2) is 8.64. The van der Waals surface area contributed by atoms with Gasteiger partial charge in [0.05, 0.1) is 19.3 Å². The first-order valence-electron chi connectivity index (χ1n) is 6.20. The van der Waals surface area contributed by atoms with Gasteiger partial charge < -0.3 is 14.8 Å². The molecule has 0 bridgehead atoms. The quantitative estimate of drug-likeness (QED) is 0.800. The van der Waals surface area contributed by atoms with Crippen molar-refractivity contribution < 1.29 is 9.47 Å². The first kappa shape index (κ1) is 15.6. The molecular formula is C14H22BrNO2. The maximum absolute atomic E-state index is 5.86. The minimum atomic E-state index is 0.0843. The Hall–Kier alpha value is -0.420. The van der Waals surface area contributed by atoms with E-state index in [1.54, 1.807) is 7.11 Å². The maximum atomic E-state index is 5.86. The van der Waals surface area contributed by atoms with Crippen molar-refractivity contribution in [2.24, 2.45) is 0 Å². The fourth-order valence-corrected chi connectivity index (χ4v) is 1.78. The fraction of sp³-hybridized carbons (Fsp3) is 0.571. The zero-order valence-corrected chi connectivity index (χ0v) is 12.9. The molecule has 4 heteroatoms. The number of hydrogen-bond acceptors (Lipinski definition) is 3. The van der Waals surface area contributed by atoms with Gasteiger partial charge in [0.1, 0.15) is 0 Å². The summed E-state index contributed by atoms with van der Waals surface area (Å²) in [6, 6.07) is 8.63. The van der Waals surface area contributed by atoms with Crippen LogP contribution in [-0.2, 0) is 16.1 Å². The van der Waals surface area contributed by atoms with Crippen LogP contribution in [-0.4, -0.2) is 32.4 Å². The highest BCUT2D eigenvalue weighted by molar-refractivity contribution is 9.10. The summed E-state index contributed by atoms with van der Waals surface area (Å²) < 4.78 is 12.1. The summed E-state index contributed by atoms with van der Waals surface area (Å²) in [5, 5.41) is 3.36. The summed E-state index contributed by atoms with van der Waals surface area (Å²) >= 11 is 3.42. The second-order valence-electron chi connectivity index (χ2n) is 4.58. The lowest BCUT2D eigenvalue weighted by Gasteiger charge is -2.19. The fourth-order valence-electron chi connectivity index (χ4n) is 1.51. The van der Waals surface area contributed by atoms with Gasteiger partial charge in [-0.05, 0) is 17.7 Å². The average Bonchev–Trinajstić information content (AvgIpc) is 2.34. The van der Waals surface area contributed by atoms with E-state index in [-0.39, 0.29) is 6.10 Å². The van der Waals surface area contributed by atoms with E-state index in [4.69, 9.17) is 9.47 Å². The van der Waals surface area contributed by atoms with E-state index >= 15 is 0 Å². The predicted molar refractivity (Wildman–Crippen MR) is 77.7 cm³/mol. The Bertz CT molecular complexity index is 327. The van der Waals surface area contributed by atoms with Gasteiger partial charge in [-0.3, -0.25) is 0 Å². The Balaban J connectivity index is 2.38. The first-order chi connectivity index (χ1) is 8.61. The largest absolute Gasteiger partial charge is 0.382 e. The molecule has 102 valence electrons. The van der Waals surface area contributed by atoms with Crippen LogP contribution in [0.3, 0.4) is 0 Å². The molecule has 18 heavy (non-hydrogen) atoms. The SMILES string of the molecule is COCC(CNC(C)C)OCc1ccc(Br)cc1. The van der Waals surface area contributed by atoms with Crippen LogP contribution in [0.15, 0.2) is 28.7 Å². The molecule has 0 aliphatic carbocycles. The Kier molecular flexibility index (Phi) is 7.51. The molecule has 0 amide bonds. The molecule has 0 heterocycles. The average molecular weight is 316 g/mol. The van der Waals surface area contributed by atoms with Crippen LogP contribution in [0.4, 0.5) is 0 Å². The van der Waals surface area contributed by atoms with Crippen LogP contribution >= 0.6 is 15.9 Å². The monoisotopic (exact) mass is 315 g/mol. The van der Waals surface area contributed by atoms with Gasteiger partial charge in [0.25, 0.3) is 0 Å². The van der Waals surface area contributed by atoms with Crippen LogP contribution in [0, 0.1) is 0 Å². The van der Waals surface area contributed by atoms with Gasteiger partial charge in [-0.1, -0.05) is 41.9 Å². The highest BCUT2D eigenvalue weighted by Crippen LogP contribution is 2.11. The number of halogens is 1. The van der Waals surface area contributed by atoms with Crippen LogP contribution in [0.2, 0.25) is 0 Å². The highest BCUT2D eigenvalue weighted by Gasteiger charge is 2.09. The molecule has 0 fully saturated rings. The molecule has 1 rings (SSSR count).